The molecule has 0 aliphatic heterocycles. The summed E-state index contributed by atoms with van der Waals surface area (Å²) in [6.07, 6.45) is 0. The number of hydrogen-bond acceptors (Lipinski definition) is 5. The van der Waals surface area contributed by atoms with Crippen LogP contribution in [0, 0.1) is 13.8 Å². The Morgan fingerprint density at radius 1 is 1.32 bits per heavy atom. The van der Waals surface area contributed by atoms with Crippen LogP contribution in [0.15, 0.2) is 21.5 Å². The molecule has 0 bridgehead atoms. The summed E-state index contributed by atoms with van der Waals surface area (Å²) in [6, 6.07) is 3.61. The maximum absolute atomic E-state index is 10.6. The minimum absolute atomic E-state index is 0. The van der Waals surface area contributed by atoms with Crippen molar-refractivity contribution in [3.05, 3.63) is 35.3 Å². The molecule has 8 nitrogen and oxygen atoms in total. The summed E-state index contributed by atoms with van der Waals surface area (Å²) in [5.74, 6) is 3.50. The minimum Gasteiger partial charge on any atom is -0.463 e. The zero-order chi connectivity index (χ0) is 17.7. The fraction of sp³-hybridized carbons (Fsp3) is 0.562. The van der Waals surface area contributed by atoms with E-state index in [1.54, 1.807) is 13.0 Å². The van der Waals surface area contributed by atoms with E-state index in [4.69, 9.17) is 4.42 Å². The maximum Gasteiger partial charge on any atom is 0.191 e. The summed E-state index contributed by atoms with van der Waals surface area (Å²) < 4.78 is 7.41. The molecular weight excluding hydrogens is 435 g/mol. The van der Waals surface area contributed by atoms with Crippen LogP contribution >= 0.6 is 24.0 Å². The van der Waals surface area contributed by atoms with Crippen molar-refractivity contribution in [1.29, 1.82) is 0 Å². The predicted octanol–water partition coefficient (Wildman–Crippen LogP) is 1.61. The number of hydrogen-bond donors (Lipinski definition) is 3. The molecule has 25 heavy (non-hydrogen) atoms. The van der Waals surface area contributed by atoms with Gasteiger partial charge in [0.1, 0.15) is 29.5 Å². The van der Waals surface area contributed by atoms with Gasteiger partial charge in [-0.1, -0.05) is 0 Å². The lowest BCUT2D eigenvalue weighted by atomic mass is 10.0. The Balaban J connectivity index is 0.00000312. The average molecular weight is 462 g/mol. The van der Waals surface area contributed by atoms with Crippen LogP contribution in [0.2, 0.25) is 0 Å². The second-order valence-corrected chi connectivity index (χ2v) is 5.96. The van der Waals surface area contributed by atoms with E-state index in [1.807, 2.05) is 38.5 Å². The first-order chi connectivity index (χ1) is 11.3. The van der Waals surface area contributed by atoms with Crippen molar-refractivity contribution in [2.75, 3.05) is 13.1 Å². The van der Waals surface area contributed by atoms with E-state index in [-0.39, 0.29) is 30.5 Å². The van der Waals surface area contributed by atoms with E-state index in [2.05, 4.69) is 25.8 Å². The van der Waals surface area contributed by atoms with E-state index in [0.717, 1.165) is 17.4 Å². The van der Waals surface area contributed by atoms with Crippen molar-refractivity contribution in [1.82, 2.24) is 25.4 Å². The van der Waals surface area contributed by atoms with Gasteiger partial charge in [-0.15, -0.1) is 34.2 Å². The van der Waals surface area contributed by atoms with Crippen molar-refractivity contribution in [3.63, 3.8) is 0 Å². The van der Waals surface area contributed by atoms with Crippen LogP contribution in [0.25, 0.3) is 0 Å². The predicted molar refractivity (Wildman–Crippen MR) is 107 cm³/mol. The molecular formula is C16H27IN6O2. The van der Waals surface area contributed by atoms with Crippen molar-refractivity contribution >= 4 is 29.9 Å². The number of aromatic nitrogens is 3. The molecule has 1 unspecified atom stereocenters. The van der Waals surface area contributed by atoms with Gasteiger partial charge in [0.15, 0.2) is 11.8 Å². The molecule has 2 aromatic heterocycles. The number of nitrogens with zero attached hydrogens (tertiary/aromatic N) is 4. The summed E-state index contributed by atoms with van der Waals surface area (Å²) in [4.78, 5) is 4.49. The van der Waals surface area contributed by atoms with Gasteiger partial charge >= 0.3 is 0 Å². The maximum atomic E-state index is 10.6. The molecule has 140 valence electrons. The van der Waals surface area contributed by atoms with Gasteiger partial charge in [0.2, 0.25) is 0 Å². The molecule has 1 atom stereocenters. The third-order valence-corrected chi connectivity index (χ3v) is 3.78. The standard InChI is InChI=1S/C16H26N6O2.HI/c1-6-17-15(18-9-14-21-20-12(3)22(14)5)19-10-16(4,23)13-8-7-11(2)24-13;/h7-8,23H,6,9-10H2,1-5H3,(H2,17,18,19);1H. The molecule has 0 fully saturated rings. The quantitative estimate of drug-likeness (QED) is 0.343. The number of halogens is 1. The van der Waals surface area contributed by atoms with Crippen molar-refractivity contribution in [3.8, 4) is 0 Å². The Labute approximate surface area is 165 Å². The van der Waals surface area contributed by atoms with Crippen LogP contribution in [-0.2, 0) is 19.2 Å². The number of rotatable bonds is 6. The molecule has 0 amide bonds. The van der Waals surface area contributed by atoms with Crippen LogP contribution in [-0.4, -0.2) is 38.9 Å². The first kappa shape index (κ1) is 21.4. The Bertz CT molecular complexity index is 707. The molecule has 0 radical (unpaired) electrons. The number of aliphatic imine (C=N–C) groups is 1. The summed E-state index contributed by atoms with van der Waals surface area (Å²) >= 11 is 0. The first-order valence-electron chi connectivity index (χ1n) is 8.00. The zero-order valence-corrected chi connectivity index (χ0v) is 17.7. The number of aryl methyl sites for hydroxylation is 2. The van der Waals surface area contributed by atoms with Crippen LogP contribution in [0.3, 0.4) is 0 Å². The SMILES string of the molecule is CCNC(=NCc1nnc(C)n1C)NCC(C)(O)c1ccc(C)o1.I. The van der Waals surface area contributed by atoms with Gasteiger partial charge in [0.05, 0.1) is 6.54 Å². The molecule has 0 spiro atoms. The van der Waals surface area contributed by atoms with Crippen molar-refractivity contribution in [2.45, 2.75) is 39.8 Å². The summed E-state index contributed by atoms with van der Waals surface area (Å²) in [7, 11) is 1.91. The second kappa shape index (κ2) is 9.18. The number of nitrogens with one attached hydrogen (secondary N) is 2. The third-order valence-electron chi connectivity index (χ3n) is 3.78. The molecule has 2 rings (SSSR count). The lowest BCUT2D eigenvalue weighted by Crippen LogP contribution is -2.44. The highest BCUT2D eigenvalue weighted by Gasteiger charge is 2.27. The Hall–Kier alpha value is -1.62. The fourth-order valence-electron chi connectivity index (χ4n) is 2.15. The highest BCUT2D eigenvalue weighted by atomic mass is 127. The van der Waals surface area contributed by atoms with E-state index in [1.165, 1.54) is 0 Å². The van der Waals surface area contributed by atoms with Gasteiger partial charge in [-0.25, -0.2) is 4.99 Å². The van der Waals surface area contributed by atoms with E-state index in [9.17, 15) is 5.11 Å². The summed E-state index contributed by atoms with van der Waals surface area (Å²) in [6.45, 7) is 8.81. The molecule has 2 heterocycles. The van der Waals surface area contributed by atoms with Gasteiger partial charge < -0.3 is 24.7 Å². The van der Waals surface area contributed by atoms with Crippen LogP contribution in [0.5, 0.6) is 0 Å². The molecule has 0 aromatic carbocycles. The van der Waals surface area contributed by atoms with Crippen LogP contribution < -0.4 is 10.6 Å². The van der Waals surface area contributed by atoms with Gasteiger partial charge in [-0.2, -0.15) is 0 Å². The molecule has 0 aliphatic carbocycles. The van der Waals surface area contributed by atoms with Gasteiger partial charge in [-0.05, 0) is 39.8 Å². The molecule has 3 N–H and O–H groups in total. The number of aliphatic hydroxyl groups is 1. The lowest BCUT2D eigenvalue weighted by molar-refractivity contribution is 0.0378. The monoisotopic (exact) mass is 462 g/mol. The van der Waals surface area contributed by atoms with Crippen molar-refractivity contribution < 1.29 is 9.52 Å². The average Bonchev–Trinajstić information content (AvgIpc) is 3.11. The lowest BCUT2D eigenvalue weighted by Gasteiger charge is -2.22. The van der Waals surface area contributed by atoms with E-state index < -0.39 is 5.60 Å². The smallest absolute Gasteiger partial charge is 0.191 e. The van der Waals surface area contributed by atoms with Crippen molar-refractivity contribution in [2.24, 2.45) is 12.0 Å². The van der Waals surface area contributed by atoms with Crippen LogP contribution in [0.4, 0.5) is 0 Å². The van der Waals surface area contributed by atoms with E-state index in [0.29, 0.717) is 24.8 Å². The fourth-order valence-corrected chi connectivity index (χ4v) is 2.15. The molecule has 0 saturated carbocycles. The molecule has 2 aromatic rings. The minimum atomic E-state index is -1.13. The Morgan fingerprint density at radius 3 is 2.56 bits per heavy atom. The number of guanidine groups is 1. The van der Waals surface area contributed by atoms with Crippen LogP contribution in [0.1, 0.15) is 37.0 Å². The summed E-state index contributed by atoms with van der Waals surface area (Å²) in [5.41, 5.74) is -1.13. The Kier molecular flexibility index (Phi) is 7.87. The molecule has 0 saturated heterocycles. The third kappa shape index (κ3) is 5.70. The highest BCUT2D eigenvalue weighted by molar-refractivity contribution is 14.0. The summed E-state index contributed by atoms with van der Waals surface area (Å²) in [5, 5.41) is 25.0. The van der Waals surface area contributed by atoms with Gasteiger partial charge in [-0.3, -0.25) is 0 Å². The Morgan fingerprint density at radius 2 is 2.04 bits per heavy atom. The highest BCUT2D eigenvalue weighted by Crippen LogP contribution is 2.21. The normalized spacial score (nSPS) is 13.9. The molecule has 9 heteroatoms. The zero-order valence-electron chi connectivity index (χ0n) is 15.3. The first-order valence-corrected chi connectivity index (χ1v) is 8.00. The number of furan rings is 1. The second-order valence-electron chi connectivity index (χ2n) is 5.96. The van der Waals surface area contributed by atoms with Gasteiger partial charge in [0, 0.05) is 13.6 Å². The largest absolute Gasteiger partial charge is 0.463 e. The van der Waals surface area contributed by atoms with E-state index >= 15 is 0 Å². The van der Waals surface area contributed by atoms with Gasteiger partial charge in [0.25, 0.3) is 0 Å². The topological polar surface area (TPSA) is 100 Å². The molecule has 0 aliphatic rings.